The van der Waals surface area contributed by atoms with Gasteiger partial charge in [-0.15, -0.1) is 11.3 Å². The van der Waals surface area contributed by atoms with E-state index in [1.807, 2.05) is 0 Å². The molecule has 1 aromatic heterocycles. The maximum Gasteiger partial charge on any atom is 0.303 e. The molecule has 0 unspecified atom stereocenters. The number of carboxylic acids is 1. The van der Waals surface area contributed by atoms with Gasteiger partial charge in [0.2, 0.25) is 0 Å². The smallest absolute Gasteiger partial charge is 0.303 e. The summed E-state index contributed by atoms with van der Waals surface area (Å²) >= 11 is 1.18. The van der Waals surface area contributed by atoms with E-state index in [-0.39, 0.29) is 11.6 Å². The van der Waals surface area contributed by atoms with Crippen molar-refractivity contribution in [3.63, 3.8) is 0 Å². The van der Waals surface area contributed by atoms with Crippen LogP contribution in [0.25, 0.3) is 0 Å². The Morgan fingerprint density at radius 2 is 2.22 bits per heavy atom. The van der Waals surface area contributed by atoms with Gasteiger partial charge in [0.25, 0.3) is 0 Å². The molecule has 0 saturated heterocycles. The summed E-state index contributed by atoms with van der Waals surface area (Å²) in [5, 5.41) is 10.5. The number of aliphatic carboxylic acids is 1. The van der Waals surface area contributed by atoms with E-state index in [2.05, 4.69) is 9.71 Å². The van der Waals surface area contributed by atoms with Crippen LogP contribution in [0.15, 0.2) is 5.38 Å². The third-order valence-corrected chi connectivity index (χ3v) is 4.42. The predicted octanol–water partition coefficient (Wildman–Crippen LogP) is 0.769. The minimum Gasteiger partial charge on any atom is -0.481 e. The molecule has 0 radical (unpaired) electrons. The molecule has 0 amide bonds. The lowest BCUT2D eigenvalue weighted by atomic mass is 10.2. The Bertz CT molecular complexity index is 510. The fraction of sp³-hybridized carbons (Fsp3) is 0.556. The quantitative estimate of drug-likeness (QED) is 0.773. The number of aryl methyl sites for hydroxylation is 1. The van der Waals surface area contributed by atoms with Gasteiger partial charge < -0.3 is 5.11 Å². The number of carbonyl (C=O) groups is 1. The second kappa shape index (κ2) is 6.12. The van der Waals surface area contributed by atoms with Crippen LogP contribution in [0.2, 0.25) is 0 Å². The lowest BCUT2D eigenvalue weighted by Gasteiger charge is -2.10. The van der Waals surface area contributed by atoms with Gasteiger partial charge in [-0.05, 0) is 12.8 Å². The largest absolute Gasteiger partial charge is 0.481 e. The van der Waals surface area contributed by atoms with Crippen LogP contribution in [0.5, 0.6) is 0 Å². The first-order chi connectivity index (χ1) is 8.31. The second-order valence-electron chi connectivity index (χ2n) is 3.78. The highest BCUT2D eigenvalue weighted by Crippen LogP contribution is 2.18. The molecule has 1 rings (SSSR count). The van der Waals surface area contributed by atoms with Crippen LogP contribution >= 0.6 is 11.3 Å². The Morgan fingerprint density at radius 1 is 1.56 bits per heavy atom. The maximum atomic E-state index is 11.5. The number of thiazole rings is 1. The van der Waals surface area contributed by atoms with Gasteiger partial charge in [0.05, 0.1) is 5.69 Å². The Kier molecular flexibility index (Phi) is 5.05. The number of nitrogens with one attached hydrogen (secondary N) is 1. The molecular formula is C9H15N3O4S2. The summed E-state index contributed by atoms with van der Waals surface area (Å²) in [4.78, 5) is 14.4. The van der Waals surface area contributed by atoms with E-state index in [9.17, 15) is 13.2 Å². The molecule has 0 aliphatic heterocycles. The average Bonchev–Trinajstić information content (AvgIpc) is 2.64. The lowest BCUT2D eigenvalue weighted by molar-refractivity contribution is -0.137. The van der Waals surface area contributed by atoms with Crippen molar-refractivity contribution < 1.29 is 18.3 Å². The van der Waals surface area contributed by atoms with E-state index in [1.165, 1.54) is 25.4 Å². The van der Waals surface area contributed by atoms with E-state index in [1.54, 1.807) is 5.38 Å². The van der Waals surface area contributed by atoms with Crippen LogP contribution in [-0.2, 0) is 21.4 Å². The summed E-state index contributed by atoms with van der Waals surface area (Å²) in [6, 6.07) is 0. The van der Waals surface area contributed by atoms with Crippen molar-refractivity contribution in [2.45, 2.75) is 19.3 Å². The average molecular weight is 293 g/mol. The van der Waals surface area contributed by atoms with Gasteiger partial charge in [0, 0.05) is 25.9 Å². The summed E-state index contributed by atoms with van der Waals surface area (Å²) < 4.78 is 26.4. The first-order valence-corrected chi connectivity index (χ1v) is 7.49. The maximum absolute atomic E-state index is 11.5. The van der Waals surface area contributed by atoms with Crippen LogP contribution in [0.3, 0.4) is 0 Å². The molecule has 102 valence electrons. The SMILES string of the molecule is CN(C)S(=O)(=O)Nc1nc(CCCC(=O)O)cs1. The highest BCUT2D eigenvalue weighted by molar-refractivity contribution is 7.90. The molecular weight excluding hydrogens is 278 g/mol. The topological polar surface area (TPSA) is 99.6 Å². The zero-order valence-corrected chi connectivity index (χ0v) is 11.7. The van der Waals surface area contributed by atoms with Crippen molar-refractivity contribution in [2.75, 3.05) is 18.8 Å². The molecule has 0 bridgehead atoms. The number of rotatable bonds is 7. The monoisotopic (exact) mass is 293 g/mol. The fourth-order valence-corrected chi connectivity index (χ4v) is 2.64. The molecule has 2 N–H and O–H groups in total. The summed E-state index contributed by atoms with van der Waals surface area (Å²) in [6.07, 6.45) is 1.09. The minimum absolute atomic E-state index is 0.0796. The molecule has 0 aromatic carbocycles. The van der Waals surface area contributed by atoms with E-state index in [0.29, 0.717) is 18.5 Å². The normalized spacial score (nSPS) is 11.7. The van der Waals surface area contributed by atoms with Gasteiger partial charge in [-0.1, -0.05) is 0 Å². The van der Waals surface area contributed by atoms with Crippen LogP contribution in [0, 0.1) is 0 Å². The summed E-state index contributed by atoms with van der Waals surface area (Å²) in [6.45, 7) is 0. The Labute approximate surface area is 110 Å². The molecule has 0 aliphatic rings. The minimum atomic E-state index is -3.53. The first-order valence-electron chi connectivity index (χ1n) is 5.18. The first kappa shape index (κ1) is 14.9. The van der Waals surface area contributed by atoms with E-state index in [4.69, 9.17) is 5.11 Å². The van der Waals surface area contributed by atoms with Crippen molar-refractivity contribution in [3.8, 4) is 0 Å². The molecule has 0 fully saturated rings. The third kappa shape index (κ3) is 4.59. The van der Waals surface area contributed by atoms with Crippen molar-refractivity contribution in [2.24, 2.45) is 0 Å². The van der Waals surface area contributed by atoms with E-state index >= 15 is 0 Å². The number of hydrogen-bond acceptors (Lipinski definition) is 5. The number of hydrogen-bond donors (Lipinski definition) is 2. The molecule has 0 saturated carbocycles. The zero-order valence-electron chi connectivity index (χ0n) is 10.1. The molecule has 7 nitrogen and oxygen atoms in total. The second-order valence-corrected chi connectivity index (χ2v) is 6.52. The number of carboxylic acid groups (broad SMARTS) is 1. The van der Waals surface area contributed by atoms with Gasteiger partial charge in [-0.25, -0.2) is 9.71 Å². The van der Waals surface area contributed by atoms with Crippen molar-refractivity contribution >= 4 is 32.6 Å². The summed E-state index contributed by atoms with van der Waals surface area (Å²) in [5.74, 6) is -0.848. The molecule has 9 heteroatoms. The number of anilines is 1. The molecule has 1 heterocycles. The Morgan fingerprint density at radius 3 is 2.78 bits per heavy atom. The summed E-state index contributed by atoms with van der Waals surface area (Å²) in [7, 11) is -0.694. The van der Waals surface area contributed by atoms with Crippen molar-refractivity contribution in [1.29, 1.82) is 0 Å². The number of aromatic nitrogens is 1. The van der Waals surface area contributed by atoms with Gasteiger partial charge in [-0.3, -0.25) is 4.79 Å². The standard InChI is InChI=1S/C9H15N3O4S2/c1-12(2)18(15,16)11-9-10-7(6-17-9)4-3-5-8(13)14/h6H,3-5H2,1-2H3,(H,10,11)(H,13,14). The lowest BCUT2D eigenvalue weighted by Crippen LogP contribution is -2.28. The molecule has 0 spiro atoms. The number of nitrogens with zero attached hydrogens (tertiary/aromatic N) is 2. The Balaban J connectivity index is 2.56. The van der Waals surface area contributed by atoms with E-state index < -0.39 is 16.2 Å². The van der Waals surface area contributed by atoms with Gasteiger partial charge in [0.1, 0.15) is 0 Å². The zero-order chi connectivity index (χ0) is 13.8. The van der Waals surface area contributed by atoms with Gasteiger partial charge >= 0.3 is 16.2 Å². The molecule has 1 aromatic rings. The Hall–Kier alpha value is -1.19. The van der Waals surface area contributed by atoms with Crippen LogP contribution in [0.4, 0.5) is 5.13 Å². The third-order valence-electron chi connectivity index (χ3n) is 2.07. The summed E-state index contributed by atoms with van der Waals surface area (Å²) in [5.41, 5.74) is 0.692. The molecule has 18 heavy (non-hydrogen) atoms. The van der Waals surface area contributed by atoms with Crippen LogP contribution < -0.4 is 4.72 Å². The van der Waals surface area contributed by atoms with Crippen LogP contribution in [-0.4, -0.2) is 42.9 Å². The van der Waals surface area contributed by atoms with Gasteiger partial charge in [-0.2, -0.15) is 12.7 Å². The highest BCUT2D eigenvalue weighted by atomic mass is 32.2. The van der Waals surface area contributed by atoms with E-state index in [0.717, 1.165) is 4.31 Å². The predicted molar refractivity (Wildman–Crippen MR) is 68.9 cm³/mol. The van der Waals surface area contributed by atoms with Crippen molar-refractivity contribution in [3.05, 3.63) is 11.1 Å². The van der Waals surface area contributed by atoms with Crippen LogP contribution in [0.1, 0.15) is 18.5 Å². The highest BCUT2D eigenvalue weighted by Gasteiger charge is 2.15. The fourth-order valence-electron chi connectivity index (χ4n) is 1.09. The van der Waals surface area contributed by atoms with Gasteiger partial charge in [0.15, 0.2) is 5.13 Å². The molecule has 0 atom stereocenters. The van der Waals surface area contributed by atoms with Crippen molar-refractivity contribution in [1.82, 2.24) is 9.29 Å². The molecule has 0 aliphatic carbocycles.